The predicted octanol–water partition coefficient (Wildman–Crippen LogP) is -0.417. The maximum atomic E-state index is 12.3. The Balaban J connectivity index is 1.89. The van der Waals surface area contributed by atoms with Gasteiger partial charge in [-0.1, -0.05) is 0 Å². The summed E-state index contributed by atoms with van der Waals surface area (Å²) in [6.07, 6.45) is 4.93. The molecule has 3 N–H and O–H groups in total. The van der Waals surface area contributed by atoms with E-state index >= 15 is 0 Å². The van der Waals surface area contributed by atoms with Crippen LogP contribution in [0.5, 0.6) is 0 Å². The summed E-state index contributed by atoms with van der Waals surface area (Å²) < 4.78 is 1.82. The van der Waals surface area contributed by atoms with Crippen LogP contribution in [0.2, 0.25) is 0 Å². The summed E-state index contributed by atoms with van der Waals surface area (Å²) in [6.45, 7) is 3.99. The smallest absolute Gasteiger partial charge is 0.274 e. The Bertz CT molecular complexity index is 477. The second-order valence-corrected chi connectivity index (χ2v) is 5.05. The minimum Gasteiger partial charge on any atom is -0.353 e. The monoisotopic (exact) mass is 279 g/mol. The molecular weight excluding hydrogens is 258 g/mol. The highest BCUT2D eigenvalue weighted by atomic mass is 16.2. The highest BCUT2D eigenvalue weighted by Gasteiger charge is 2.25. The van der Waals surface area contributed by atoms with Crippen molar-refractivity contribution in [3.63, 3.8) is 0 Å². The van der Waals surface area contributed by atoms with Crippen LogP contribution in [0.4, 0.5) is 0 Å². The van der Waals surface area contributed by atoms with Crippen molar-refractivity contribution in [2.45, 2.75) is 32.4 Å². The highest BCUT2D eigenvalue weighted by molar-refractivity contribution is 5.92. The molecule has 7 heteroatoms. The molecule has 1 aliphatic heterocycles. The van der Waals surface area contributed by atoms with E-state index in [1.165, 1.54) is 6.92 Å². The molecule has 1 aliphatic rings. The van der Waals surface area contributed by atoms with Crippen molar-refractivity contribution in [2.24, 2.45) is 5.73 Å². The van der Waals surface area contributed by atoms with E-state index in [0.717, 1.165) is 12.8 Å². The average Bonchev–Trinajstić information content (AvgIpc) is 2.87. The Kier molecular flexibility index (Phi) is 4.73. The van der Waals surface area contributed by atoms with Gasteiger partial charge in [-0.2, -0.15) is 0 Å². The molecule has 2 amide bonds. The van der Waals surface area contributed by atoms with E-state index in [1.54, 1.807) is 17.4 Å². The van der Waals surface area contributed by atoms with Gasteiger partial charge in [-0.05, 0) is 12.8 Å². The number of nitrogens with zero attached hydrogens (tertiary/aromatic N) is 3. The second-order valence-electron chi connectivity index (χ2n) is 5.05. The van der Waals surface area contributed by atoms with Gasteiger partial charge in [0.1, 0.15) is 5.69 Å². The third-order valence-electron chi connectivity index (χ3n) is 3.43. The van der Waals surface area contributed by atoms with Crippen molar-refractivity contribution >= 4 is 11.8 Å². The molecule has 1 fully saturated rings. The van der Waals surface area contributed by atoms with Gasteiger partial charge in [0.2, 0.25) is 5.91 Å². The fraction of sp³-hybridized carbons (Fsp3) is 0.615. The Morgan fingerprint density at radius 3 is 2.75 bits per heavy atom. The number of carbonyl (C=O) groups excluding carboxylic acids is 2. The summed E-state index contributed by atoms with van der Waals surface area (Å²) in [7, 11) is 0. The van der Waals surface area contributed by atoms with Crippen molar-refractivity contribution in [1.82, 2.24) is 19.8 Å². The molecule has 20 heavy (non-hydrogen) atoms. The fourth-order valence-electron chi connectivity index (χ4n) is 2.42. The normalized spacial score (nSPS) is 16.2. The molecule has 7 nitrogen and oxygen atoms in total. The molecule has 1 saturated heterocycles. The zero-order valence-corrected chi connectivity index (χ0v) is 11.7. The Hall–Kier alpha value is -1.89. The SMILES string of the molecule is CC(=O)NC1CCN(C(=O)c2cn(CCN)cn2)CC1. The third kappa shape index (κ3) is 3.57. The number of carbonyl (C=O) groups is 2. The number of likely N-dealkylation sites (tertiary alicyclic amines) is 1. The molecule has 110 valence electrons. The Labute approximate surface area is 118 Å². The molecule has 0 bridgehead atoms. The molecule has 2 rings (SSSR count). The van der Waals surface area contributed by atoms with Gasteiger partial charge in [0.05, 0.1) is 6.33 Å². The average molecular weight is 279 g/mol. The lowest BCUT2D eigenvalue weighted by Crippen LogP contribution is -2.46. The number of imidazole rings is 1. The lowest BCUT2D eigenvalue weighted by Gasteiger charge is -2.31. The molecule has 1 aromatic rings. The quantitative estimate of drug-likeness (QED) is 0.783. The number of aromatic nitrogens is 2. The largest absolute Gasteiger partial charge is 0.353 e. The van der Waals surface area contributed by atoms with Crippen molar-refractivity contribution in [3.05, 3.63) is 18.2 Å². The number of rotatable bonds is 4. The first-order chi connectivity index (χ1) is 9.60. The highest BCUT2D eigenvalue weighted by Crippen LogP contribution is 2.13. The number of hydrogen-bond acceptors (Lipinski definition) is 4. The number of nitrogens with one attached hydrogen (secondary N) is 1. The first kappa shape index (κ1) is 14.5. The van der Waals surface area contributed by atoms with Crippen LogP contribution in [0.3, 0.4) is 0 Å². The van der Waals surface area contributed by atoms with Crippen LogP contribution in [0.25, 0.3) is 0 Å². The molecule has 2 heterocycles. The third-order valence-corrected chi connectivity index (χ3v) is 3.43. The summed E-state index contributed by atoms with van der Waals surface area (Å²) in [5, 5.41) is 2.89. The van der Waals surface area contributed by atoms with Gasteiger partial charge >= 0.3 is 0 Å². The minimum absolute atomic E-state index is 0.0182. The zero-order valence-electron chi connectivity index (χ0n) is 11.7. The summed E-state index contributed by atoms with van der Waals surface area (Å²) in [5.41, 5.74) is 5.92. The van der Waals surface area contributed by atoms with Crippen molar-refractivity contribution in [2.75, 3.05) is 19.6 Å². The fourth-order valence-corrected chi connectivity index (χ4v) is 2.42. The standard InChI is InChI=1S/C13H21N5O2/c1-10(19)16-11-2-5-18(6-3-11)13(20)12-8-17(7-4-14)9-15-12/h8-9,11H,2-7,14H2,1H3,(H,16,19). The van der Waals surface area contributed by atoms with Gasteiger partial charge in [-0.25, -0.2) is 4.98 Å². The maximum Gasteiger partial charge on any atom is 0.274 e. The van der Waals surface area contributed by atoms with Crippen LogP contribution in [-0.2, 0) is 11.3 Å². The molecule has 0 radical (unpaired) electrons. The molecule has 0 atom stereocenters. The van der Waals surface area contributed by atoms with Crippen molar-refractivity contribution in [3.8, 4) is 0 Å². The first-order valence-electron chi connectivity index (χ1n) is 6.88. The second kappa shape index (κ2) is 6.51. The van der Waals surface area contributed by atoms with Gasteiger partial charge in [-0.3, -0.25) is 9.59 Å². The van der Waals surface area contributed by atoms with E-state index in [-0.39, 0.29) is 17.9 Å². The first-order valence-corrected chi connectivity index (χ1v) is 6.88. The Morgan fingerprint density at radius 1 is 1.45 bits per heavy atom. The van der Waals surface area contributed by atoms with E-state index < -0.39 is 0 Å². The van der Waals surface area contributed by atoms with Gasteiger partial charge in [0, 0.05) is 45.3 Å². The van der Waals surface area contributed by atoms with Gasteiger partial charge in [-0.15, -0.1) is 0 Å². The summed E-state index contributed by atoms with van der Waals surface area (Å²) in [4.78, 5) is 29.2. The number of hydrogen-bond donors (Lipinski definition) is 2. The number of piperidine rings is 1. The van der Waals surface area contributed by atoms with Crippen LogP contribution in [0.1, 0.15) is 30.3 Å². The summed E-state index contributed by atoms with van der Waals surface area (Å²) in [6, 6.07) is 0.173. The topological polar surface area (TPSA) is 93.2 Å². The molecule has 0 unspecified atom stereocenters. The van der Waals surface area contributed by atoms with Gasteiger partial charge in [0.15, 0.2) is 0 Å². The van der Waals surface area contributed by atoms with E-state index in [4.69, 9.17) is 5.73 Å². The summed E-state index contributed by atoms with van der Waals surface area (Å²) in [5.74, 6) is -0.0719. The minimum atomic E-state index is -0.0537. The van der Waals surface area contributed by atoms with Gasteiger partial charge in [0.25, 0.3) is 5.91 Å². The molecular formula is C13H21N5O2. The summed E-state index contributed by atoms with van der Waals surface area (Å²) >= 11 is 0. The van der Waals surface area contributed by atoms with E-state index in [0.29, 0.717) is 31.9 Å². The van der Waals surface area contributed by atoms with Crippen LogP contribution < -0.4 is 11.1 Å². The molecule has 0 saturated carbocycles. The van der Waals surface area contributed by atoms with Crippen LogP contribution in [0, 0.1) is 0 Å². The lowest BCUT2D eigenvalue weighted by molar-refractivity contribution is -0.119. The van der Waals surface area contributed by atoms with E-state index in [2.05, 4.69) is 10.3 Å². The molecule has 0 aromatic carbocycles. The maximum absolute atomic E-state index is 12.3. The van der Waals surface area contributed by atoms with Crippen molar-refractivity contribution in [1.29, 1.82) is 0 Å². The van der Waals surface area contributed by atoms with Crippen LogP contribution >= 0.6 is 0 Å². The lowest BCUT2D eigenvalue weighted by atomic mass is 10.0. The van der Waals surface area contributed by atoms with E-state index in [9.17, 15) is 9.59 Å². The molecule has 1 aromatic heterocycles. The van der Waals surface area contributed by atoms with Crippen molar-refractivity contribution < 1.29 is 9.59 Å². The zero-order chi connectivity index (χ0) is 14.5. The number of nitrogens with two attached hydrogens (primary N) is 1. The molecule has 0 aliphatic carbocycles. The predicted molar refractivity (Wildman–Crippen MR) is 74.0 cm³/mol. The van der Waals surface area contributed by atoms with E-state index in [1.807, 2.05) is 4.57 Å². The number of amides is 2. The Morgan fingerprint density at radius 2 is 2.15 bits per heavy atom. The molecule has 0 spiro atoms. The van der Waals surface area contributed by atoms with Gasteiger partial charge < -0.3 is 20.5 Å². The van der Waals surface area contributed by atoms with Crippen LogP contribution in [0.15, 0.2) is 12.5 Å². The van der Waals surface area contributed by atoms with Crippen LogP contribution in [-0.4, -0.2) is 51.9 Å².